The van der Waals surface area contributed by atoms with Crippen molar-refractivity contribution in [3.05, 3.63) is 42.1 Å². The number of hydrogen-bond donors (Lipinski definition) is 1. The first-order chi connectivity index (χ1) is 6.27. The van der Waals surface area contributed by atoms with E-state index in [0.29, 0.717) is 5.69 Å². The zero-order valence-electron chi connectivity index (χ0n) is 7.40. The normalized spacial score (nSPS) is 9.43. The molecule has 0 saturated carbocycles. The van der Waals surface area contributed by atoms with Crippen molar-refractivity contribution in [2.24, 2.45) is 5.73 Å². The lowest BCUT2D eigenvalue weighted by molar-refractivity contribution is 0.0996. The minimum atomic E-state index is -0.495. The number of carbonyl (C=O) groups is 1. The molecule has 0 unspecified atom stereocenters. The van der Waals surface area contributed by atoms with Gasteiger partial charge in [-0.25, -0.2) is 4.98 Å². The maximum Gasteiger partial charge on any atom is 0.267 e. The third-order valence-electron chi connectivity index (χ3n) is 1.85. The average Bonchev–Trinajstić information content (AvgIpc) is 2.17. The Hall–Kier alpha value is -1.94. The number of pyridine rings is 1. The summed E-state index contributed by atoms with van der Waals surface area (Å²) < 4.78 is 0. The van der Waals surface area contributed by atoms with Crippen molar-refractivity contribution in [1.82, 2.24) is 4.98 Å². The van der Waals surface area contributed by atoms with Crippen LogP contribution in [0.15, 0.2) is 36.4 Å². The third kappa shape index (κ3) is 1.70. The minimum absolute atomic E-state index is 0. The van der Waals surface area contributed by atoms with E-state index in [2.05, 4.69) is 4.98 Å². The molecule has 14 heavy (non-hydrogen) atoms. The number of nitrogens with zero attached hydrogens (tertiary/aromatic N) is 1. The molecule has 0 spiro atoms. The molecular formula is C10H10N2O2. The topological polar surface area (TPSA) is 87.5 Å². The van der Waals surface area contributed by atoms with Crippen LogP contribution in [-0.4, -0.2) is 16.4 Å². The van der Waals surface area contributed by atoms with Gasteiger partial charge in [0.15, 0.2) is 0 Å². The summed E-state index contributed by atoms with van der Waals surface area (Å²) in [5.74, 6) is -0.495. The van der Waals surface area contributed by atoms with Gasteiger partial charge in [-0.05, 0) is 12.1 Å². The Bertz CT molecular complexity index is 468. The fourth-order valence-corrected chi connectivity index (χ4v) is 1.20. The largest absolute Gasteiger partial charge is 0.412 e. The van der Waals surface area contributed by atoms with Crippen molar-refractivity contribution in [1.29, 1.82) is 0 Å². The summed E-state index contributed by atoms with van der Waals surface area (Å²) >= 11 is 0. The number of amides is 1. The van der Waals surface area contributed by atoms with Crippen LogP contribution >= 0.6 is 0 Å². The second-order valence-electron chi connectivity index (χ2n) is 2.75. The van der Waals surface area contributed by atoms with Crippen molar-refractivity contribution in [2.45, 2.75) is 0 Å². The summed E-state index contributed by atoms with van der Waals surface area (Å²) in [6.07, 6.45) is 0. The van der Waals surface area contributed by atoms with Gasteiger partial charge in [0.25, 0.3) is 5.91 Å². The summed E-state index contributed by atoms with van der Waals surface area (Å²) in [5, 5.41) is 1.01. The number of benzene rings is 1. The van der Waals surface area contributed by atoms with Gasteiger partial charge in [-0.1, -0.05) is 24.3 Å². The molecule has 1 aromatic carbocycles. The van der Waals surface area contributed by atoms with E-state index in [1.54, 1.807) is 6.07 Å². The van der Waals surface area contributed by atoms with Crippen LogP contribution < -0.4 is 5.73 Å². The van der Waals surface area contributed by atoms with Crippen LogP contribution in [-0.2, 0) is 0 Å². The van der Waals surface area contributed by atoms with Gasteiger partial charge >= 0.3 is 0 Å². The summed E-state index contributed by atoms with van der Waals surface area (Å²) in [4.78, 5) is 14.9. The molecule has 72 valence electrons. The highest BCUT2D eigenvalue weighted by Crippen LogP contribution is 2.10. The number of fused-ring (bicyclic) bond motifs is 1. The molecule has 4 heteroatoms. The standard InChI is InChI=1S/C10H8N2O.H2O/c11-10(13)9-6-5-7-3-1-2-4-8(7)12-9;/h1-6H,(H2,11,13);1H2. The lowest BCUT2D eigenvalue weighted by Crippen LogP contribution is -2.12. The van der Waals surface area contributed by atoms with E-state index >= 15 is 0 Å². The molecule has 0 fully saturated rings. The van der Waals surface area contributed by atoms with Crippen LogP contribution in [0.25, 0.3) is 10.9 Å². The third-order valence-corrected chi connectivity index (χ3v) is 1.85. The number of para-hydroxylation sites is 1. The Labute approximate surface area is 80.7 Å². The molecule has 0 aliphatic rings. The van der Waals surface area contributed by atoms with Crippen molar-refractivity contribution >= 4 is 16.8 Å². The number of hydrogen-bond acceptors (Lipinski definition) is 2. The lowest BCUT2D eigenvalue weighted by Gasteiger charge is -1.97. The highest BCUT2D eigenvalue weighted by atomic mass is 16.1. The molecule has 0 aliphatic carbocycles. The second kappa shape index (κ2) is 3.85. The Kier molecular flexibility index (Phi) is 2.79. The zero-order chi connectivity index (χ0) is 9.26. The van der Waals surface area contributed by atoms with E-state index in [0.717, 1.165) is 10.9 Å². The Balaban J connectivity index is 0.000000980. The molecule has 2 rings (SSSR count). The SMILES string of the molecule is NC(=O)c1ccc2ccccc2n1.O. The highest BCUT2D eigenvalue weighted by molar-refractivity contribution is 5.93. The quantitative estimate of drug-likeness (QED) is 0.710. The molecular weight excluding hydrogens is 180 g/mol. The molecule has 4 N–H and O–H groups in total. The van der Waals surface area contributed by atoms with Crippen LogP contribution in [0.3, 0.4) is 0 Å². The molecule has 0 aliphatic heterocycles. The number of carbonyl (C=O) groups excluding carboxylic acids is 1. The molecule has 1 amide bonds. The fraction of sp³-hybridized carbons (Fsp3) is 0. The molecule has 0 saturated heterocycles. The smallest absolute Gasteiger partial charge is 0.267 e. The van der Waals surface area contributed by atoms with Gasteiger partial charge in [0.2, 0.25) is 0 Å². The van der Waals surface area contributed by atoms with Gasteiger partial charge in [0.05, 0.1) is 5.52 Å². The maximum absolute atomic E-state index is 10.8. The van der Waals surface area contributed by atoms with E-state index in [4.69, 9.17) is 5.73 Å². The Morgan fingerprint density at radius 3 is 2.57 bits per heavy atom. The first-order valence-corrected chi connectivity index (χ1v) is 3.93. The van der Waals surface area contributed by atoms with E-state index in [1.165, 1.54) is 0 Å². The number of primary amides is 1. The van der Waals surface area contributed by atoms with Crippen molar-refractivity contribution in [2.75, 3.05) is 0 Å². The molecule has 0 radical (unpaired) electrons. The van der Waals surface area contributed by atoms with Gasteiger partial charge in [0.1, 0.15) is 5.69 Å². The summed E-state index contributed by atoms with van der Waals surface area (Å²) in [7, 11) is 0. The molecule has 4 nitrogen and oxygen atoms in total. The summed E-state index contributed by atoms with van der Waals surface area (Å²) in [5.41, 5.74) is 6.20. The Morgan fingerprint density at radius 2 is 1.86 bits per heavy atom. The monoisotopic (exact) mass is 190 g/mol. The van der Waals surface area contributed by atoms with E-state index < -0.39 is 5.91 Å². The van der Waals surface area contributed by atoms with Crippen LogP contribution in [0.4, 0.5) is 0 Å². The highest BCUT2D eigenvalue weighted by Gasteiger charge is 2.01. The minimum Gasteiger partial charge on any atom is -0.412 e. The maximum atomic E-state index is 10.8. The molecule has 1 aromatic heterocycles. The number of rotatable bonds is 1. The van der Waals surface area contributed by atoms with Crippen molar-refractivity contribution < 1.29 is 10.3 Å². The first kappa shape index (κ1) is 10.1. The number of nitrogens with two attached hydrogens (primary N) is 1. The van der Waals surface area contributed by atoms with Crippen molar-refractivity contribution in [3.63, 3.8) is 0 Å². The van der Waals surface area contributed by atoms with E-state index in [1.807, 2.05) is 30.3 Å². The lowest BCUT2D eigenvalue weighted by atomic mass is 10.2. The van der Waals surface area contributed by atoms with Crippen LogP contribution in [0.1, 0.15) is 10.5 Å². The van der Waals surface area contributed by atoms with Crippen LogP contribution in [0, 0.1) is 0 Å². The van der Waals surface area contributed by atoms with Crippen LogP contribution in [0.2, 0.25) is 0 Å². The van der Waals surface area contributed by atoms with Gasteiger partial charge in [-0.15, -0.1) is 0 Å². The van der Waals surface area contributed by atoms with Gasteiger partial charge < -0.3 is 11.2 Å². The Morgan fingerprint density at radius 1 is 1.14 bits per heavy atom. The van der Waals surface area contributed by atoms with Gasteiger partial charge in [-0.2, -0.15) is 0 Å². The van der Waals surface area contributed by atoms with E-state index in [9.17, 15) is 4.79 Å². The molecule has 2 aromatic rings. The average molecular weight is 190 g/mol. The van der Waals surface area contributed by atoms with Gasteiger partial charge in [0, 0.05) is 5.39 Å². The summed E-state index contributed by atoms with van der Waals surface area (Å²) in [6.45, 7) is 0. The fourth-order valence-electron chi connectivity index (χ4n) is 1.20. The predicted molar refractivity (Wildman–Crippen MR) is 53.9 cm³/mol. The molecule has 0 bridgehead atoms. The molecule has 0 atom stereocenters. The first-order valence-electron chi connectivity index (χ1n) is 3.93. The summed E-state index contributed by atoms with van der Waals surface area (Å²) in [6, 6.07) is 11.1. The van der Waals surface area contributed by atoms with Gasteiger partial charge in [-0.3, -0.25) is 4.79 Å². The van der Waals surface area contributed by atoms with E-state index in [-0.39, 0.29) is 5.48 Å². The van der Waals surface area contributed by atoms with Crippen LogP contribution in [0.5, 0.6) is 0 Å². The second-order valence-corrected chi connectivity index (χ2v) is 2.75. The predicted octanol–water partition coefficient (Wildman–Crippen LogP) is 0.509. The zero-order valence-corrected chi connectivity index (χ0v) is 7.40. The number of aromatic nitrogens is 1. The molecule has 1 heterocycles. The van der Waals surface area contributed by atoms with Crippen molar-refractivity contribution in [3.8, 4) is 0 Å².